The lowest BCUT2D eigenvalue weighted by molar-refractivity contribution is -0.137. The predicted octanol–water partition coefficient (Wildman–Crippen LogP) is 0.520. The molecule has 7 nitrogen and oxygen atoms in total. The topological polar surface area (TPSA) is 99.2 Å². The van der Waals surface area contributed by atoms with Crippen molar-refractivity contribution in [2.45, 2.75) is 32.7 Å². The number of carbonyl (C=O) groups excluding carboxylic acids is 1. The minimum Gasteiger partial charge on any atom is -0.481 e. The summed E-state index contributed by atoms with van der Waals surface area (Å²) in [4.78, 5) is 24.1. The van der Waals surface area contributed by atoms with E-state index in [2.05, 4.69) is 15.4 Å². The number of carboxylic acid groups (broad SMARTS) is 1. The zero-order valence-corrected chi connectivity index (χ0v) is 10.1. The second kappa shape index (κ2) is 4.94. The number of aromatic amines is 1. The molecule has 0 aliphatic rings. The van der Waals surface area contributed by atoms with Gasteiger partial charge in [-0.3, -0.25) is 9.59 Å². The second-order valence-electron chi connectivity index (χ2n) is 4.63. The average Bonchev–Trinajstić information content (AvgIpc) is 2.67. The van der Waals surface area contributed by atoms with Gasteiger partial charge in [0.15, 0.2) is 5.69 Å². The SMILES string of the molecule is CC(C)(C)N(CCC(=O)O)C(=O)c1cn[nH]n1. The van der Waals surface area contributed by atoms with Crippen LogP contribution in [0.2, 0.25) is 0 Å². The molecule has 0 saturated carbocycles. The fourth-order valence-corrected chi connectivity index (χ4v) is 1.39. The smallest absolute Gasteiger partial charge is 0.305 e. The molecule has 7 heteroatoms. The van der Waals surface area contributed by atoms with Crippen LogP contribution in [0.4, 0.5) is 0 Å². The molecule has 0 bridgehead atoms. The van der Waals surface area contributed by atoms with E-state index in [1.807, 2.05) is 20.8 Å². The van der Waals surface area contributed by atoms with Gasteiger partial charge in [0, 0.05) is 12.1 Å². The van der Waals surface area contributed by atoms with E-state index in [0.717, 1.165) is 0 Å². The third-order valence-corrected chi connectivity index (χ3v) is 2.24. The highest BCUT2D eigenvalue weighted by Crippen LogP contribution is 2.16. The zero-order valence-electron chi connectivity index (χ0n) is 10.1. The Morgan fingerprint density at radius 3 is 2.53 bits per heavy atom. The first-order valence-electron chi connectivity index (χ1n) is 5.22. The molecule has 17 heavy (non-hydrogen) atoms. The average molecular weight is 240 g/mol. The molecule has 1 heterocycles. The molecule has 0 fully saturated rings. The number of nitrogens with zero attached hydrogens (tertiary/aromatic N) is 3. The van der Waals surface area contributed by atoms with Crippen molar-refractivity contribution in [3.8, 4) is 0 Å². The fourth-order valence-electron chi connectivity index (χ4n) is 1.39. The summed E-state index contributed by atoms with van der Waals surface area (Å²) in [5.41, 5.74) is -0.281. The van der Waals surface area contributed by atoms with Crippen molar-refractivity contribution in [2.24, 2.45) is 0 Å². The Hall–Kier alpha value is -1.92. The normalized spacial score (nSPS) is 11.2. The molecule has 0 radical (unpaired) electrons. The maximum Gasteiger partial charge on any atom is 0.305 e. The first-order valence-corrected chi connectivity index (χ1v) is 5.22. The molecule has 0 aliphatic heterocycles. The van der Waals surface area contributed by atoms with Gasteiger partial charge in [-0.2, -0.15) is 15.4 Å². The van der Waals surface area contributed by atoms with E-state index in [1.54, 1.807) is 0 Å². The molecular formula is C10H16N4O3. The van der Waals surface area contributed by atoms with E-state index in [0.29, 0.717) is 0 Å². The third-order valence-electron chi connectivity index (χ3n) is 2.24. The van der Waals surface area contributed by atoms with Crippen molar-refractivity contribution < 1.29 is 14.7 Å². The number of aliphatic carboxylic acids is 1. The van der Waals surface area contributed by atoms with Crippen LogP contribution in [0.25, 0.3) is 0 Å². The van der Waals surface area contributed by atoms with Crippen molar-refractivity contribution in [3.05, 3.63) is 11.9 Å². The van der Waals surface area contributed by atoms with Crippen LogP contribution >= 0.6 is 0 Å². The third kappa shape index (κ3) is 3.54. The van der Waals surface area contributed by atoms with E-state index < -0.39 is 11.5 Å². The van der Waals surface area contributed by atoms with Crippen LogP contribution in [0.1, 0.15) is 37.7 Å². The molecule has 1 rings (SSSR count). The molecule has 2 N–H and O–H groups in total. The van der Waals surface area contributed by atoms with Crippen LogP contribution in [0, 0.1) is 0 Å². The van der Waals surface area contributed by atoms with Crippen molar-refractivity contribution in [3.63, 3.8) is 0 Å². The number of rotatable bonds is 4. The number of hydrogen-bond donors (Lipinski definition) is 2. The van der Waals surface area contributed by atoms with Crippen LogP contribution in [-0.4, -0.2) is 49.4 Å². The number of H-pyrrole nitrogens is 1. The van der Waals surface area contributed by atoms with Gasteiger partial charge in [0.05, 0.1) is 12.6 Å². The van der Waals surface area contributed by atoms with E-state index >= 15 is 0 Å². The fraction of sp³-hybridized carbons (Fsp3) is 0.600. The summed E-state index contributed by atoms with van der Waals surface area (Å²) >= 11 is 0. The lowest BCUT2D eigenvalue weighted by Crippen LogP contribution is -2.46. The first-order chi connectivity index (χ1) is 7.82. The molecule has 0 unspecified atom stereocenters. The summed E-state index contributed by atoms with van der Waals surface area (Å²) in [5.74, 6) is -1.26. The van der Waals surface area contributed by atoms with E-state index in [-0.39, 0.29) is 24.6 Å². The van der Waals surface area contributed by atoms with Gasteiger partial charge in [0.1, 0.15) is 0 Å². The van der Waals surface area contributed by atoms with Gasteiger partial charge < -0.3 is 10.0 Å². The standard InChI is InChI=1S/C10H16N4O3/c1-10(2,3)14(5-4-8(15)16)9(17)7-6-11-13-12-7/h6H,4-5H2,1-3H3,(H,15,16)(H,11,12,13). The first kappa shape index (κ1) is 13.1. The summed E-state index contributed by atoms with van der Waals surface area (Å²) in [6, 6.07) is 0. The number of carbonyl (C=O) groups is 2. The second-order valence-corrected chi connectivity index (χ2v) is 4.63. The highest BCUT2D eigenvalue weighted by molar-refractivity contribution is 5.92. The Bertz CT molecular complexity index is 394. The highest BCUT2D eigenvalue weighted by Gasteiger charge is 2.28. The molecule has 1 amide bonds. The summed E-state index contributed by atoms with van der Waals surface area (Å²) < 4.78 is 0. The van der Waals surface area contributed by atoms with Crippen molar-refractivity contribution in [1.82, 2.24) is 20.3 Å². The van der Waals surface area contributed by atoms with Crippen LogP contribution in [0.5, 0.6) is 0 Å². The van der Waals surface area contributed by atoms with Gasteiger partial charge in [-0.1, -0.05) is 0 Å². The zero-order chi connectivity index (χ0) is 13.1. The van der Waals surface area contributed by atoms with Gasteiger partial charge in [-0.05, 0) is 20.8 Å². The number of hydrogen-bond acceptors (Lipinski definition) is 4. The molecule has 0 spiro atoms. The van der Waals surface area contributed by atoms with Gasteiger partial charge in [0.2, 0.25) is 0 Å². The van der Waals surface area contributed by atoms with Gasteiger partial charge in [-0.15, -0.1) is 0 Å². The van der Waals surface area contributed by atoms with E-state index in [9.17, 15) is 9.59 Å². The Labute approximate surface area is 98.8 Å². The van der Waals surface area contributed by atoms with Gasteiger partial charge in [0.25, 0.3) is 5.91 Å². The lowest BCUT2D eigenvalue weighted by Gasteiger charge is -2.34. The van der Waals surface area contributed by atoms with Crippen LogP contribution in [-0.2, 0) is 4.79 Å². The molecule has 1 aromatic heterocycles. The molecule has 0 aliphatic carbocycles. The molecule has 0 saturated heterocycles. The summed E-state index contributed by atoms with van der Waals surface area (Å²) in [6.45, 7) is 5.66. The number of amides is 1. The van der Waals surface area contributed by atoms with Crippen LogP contribution in [0.15, 0.2) is 6.20 Å². The molecule has 0 atom stereocenters. The summed E-state index contributed by atoms with van der Waals surface area (Å²) in [6.07, 6.45) is 1.22. The molecule has 0 aromatic carbocycles. The molecule has 1 aromatic rings. The highest BCUT2D eigenvalue weighted by atomic mass is 16.4. The van der Waals surface area contributed by atoms with Crippen molar-refractivity contribution >= 4 is 11.9 Å². The minimum absolute atomic E-state index is 0.0964. The van der Waals surface area contributed by atoms with Crippen LogP contribution < -0.4 is 0 Å². The Morgan fingerprint density at radius 1 is 1.47 bits per heavy atom. The van der Waals surface area contributed by atoms with E-state index in [4.69, 9.17) is 5.11 Å². The lowest BCUT2D eigenvalue weighted by atomic mass is 10.0. The maximum atomic E-state index is 12.1. The number of aromatic nitrogens is 3. The summed E-state index contributed by atoms with van der Waals surface area (Å²) in [5, 5.41) is 18.3. The van der Waals surface area contributed by atoms with Gasteiger partial charge in [-0.25, -0.2) is 0 Å². The Morgan fingerprint density at radius 2 is 2.12 bits per heavy atom. The minimum atomic E-state index is -0.938. The number of carboxylic acids is 1. The Kier molecular flexibility index (Phi) is 3.82. The summed E-state index contributed by atoms with van der Waals surface area (Å²) in [7, 11) is 0. The quantitative estimate of drug-likeness (QED) is 0.799. The van der Waals surface area contributed by atoms with E-state index in [1.165, 1.54) is 11.1 Å². The van der Waals surface area contributed by atoms with Crippen molar-refractivity contribution in [2.75, 3.05) is 6.54 Å². The monoisotopic (exact) mass is 240 g/mol. The Balaban J connectivity index is 2.84. The van der Waals surface area contributed by atoms with Gasteiger partial charge >= 0.3 is 5.97 Å². The largest absolute Gasteiger partial charge is 0.481 e. The van der Waals surface area contributed by atoms with Crippen molar-refractivity contribution in [1.29, 1.82) is 0 Å². The molecular weight excluding hydrogens is 224 g/mol. The van der Waals surface area contributed by atoms with Crippen LogP contribution in [0.3, 0.4) is 0 Å². The number of nitrogens with one attached hydrogen (secondary N) is 1. The predicted molar refractivity (Wildman–Crippen MR) is 59.4 cm³/mol. The molecule has 94 valence electrons. The maximum absolute atomic E-state index is 12.1.